The first kappa shape index (κ1) is 16.1. The van der Waals surface area contributed by atoms with Crippen LogP contribution >= 0.6 is 0 Å². The molecule has 1 aliphatic heterocycles. The number of Topliss-reactive ketones (excluding diaryl/α,β-unsaturated/α-hetero) is 1. The molecule has 0 amide bonds. The molecular formula is C18H16O6. The minimum absolute atomic E-state index is 0.00656. The van der Waals surface area contributed by atoms with Crippen LogP contribution in [0.15, 0.2) is 22.6 Å². The van der Waals surface area contributed by atoms with Crippen LogP contribution in [0.2, 0.25) is 0 Å². The Morgan fingerprint density at radius 1 is 1.29 bits per heavy atom. The number of aldehydes is 1. The van der Waals surface area contributed by atoms with Gasteiger partial charge in [-0.25, -0.2) is 0 Å². The summed E-state index contributed by atoms with van der Waals surface area (Å²) in [5, 5.41) is 1.23. The summed E-state index contributed by atoms with van der Waals surface area (Å²) in [5.74, 6) is -1.84. The number of cyclic esters (lactones) is 2. The fourth-order valence-electron chi connectivity index (χ4n) is 2.93. The molecule has 1 saturated heterocycles. The Hall–Kier alpha value is -2.76. The van der Waals surface area contributed by atoms with Gasteiger partial charge >= 0.3 is 11.9 Å². The number of benzene rings is 1. The number of aryl methyl sites for hydroxylation is 1. The van der Waals surface area contributed by atoms with Gasteiger partial charge in [0.05, 0.1) is 12.3 Å². The summed E-state index contributed by atoms with van der Waals surface area (Å²) < 4.78 is 10.2. The van der Waals surface area contributed by atoms with E-state index in [9.17, 15) is 19.2 Å². The molecule has 2 heterocycles. The highest BCUT2D eigenvalue weighted by Gasteiger charge is 2.35. The lowest BCUT2D eigenvalue weighted by Crippen LogP contribution is -2.05. The summed E-state index contributed by atoms with van der Waals surface area (Å²) in [4.78, 5) is 45.7. The second-order valence-corrected chi connectivity index (χ2v) is 5.79. The third kappa shape index (κ3) is 2.75. The summed E-state index contributed by atoms with van der Waals surface area (Å²) in [6, 6.07) is 5.06. The van der Waals surface area contributed by atoms with Gasteiger partial charge in [-0.2, -0.15) is 0 Å². The first-order valence-corrected chi connectivity index (χ1v) is 7.84. The molecule has 0 saturated carbocycles. The number of furan rings is 1. The highest BCUT2D eigenvalue weighted by Crippen LogP contribution is 2.34. The van der Waals surface area contributed by atoms with Gasteiger partial charge in [-0.1, -0.05) is 25.5 Å². The Balaban J connectivity index is 2.09. The maximum atomic E-state index is 11.8. The lowest BCUT2D eigenvalue weighted by atomic mass is 9.94. The van der Waals surface area contributed by atoms with Gasteiger partial charge in [-0.3, -0.25) is 19.2 Å². The van der Waals surface area contributed by atoms with E-state index in [1.165, 1.54) is 0 Å². The molecular weight excluding hydrogens is 312 g/mol. The number of unbranched alkanes of at least 4 members (excludes halogenated alkanes) is 1. The topological polar surface area (TPSA) is 90.7 Å². The molecule has 0 aliphatic carbocycles. The van der Waals surface area contributed by atoms with E-state index in [1.807, 2.05) is 6.92 Å². The lowest BCUT2D eigenvalue weighted by Gasteiger charge is -2.05. The number of ether oxygens (including phenoxy) is 1. The standard InChI is InChI=1S/C18H16O6/c1-2-3-4-15-13-7-10(12-8-16(21)24-18(12)22)5-6-11(13)17(23-15)14(20)9-19/h5-7,9,12H,2-4,8H2,1H3. The summed E-state index contributed by atoms with van der Waals surface area (Å²) in [5.41, 5.74) is 0.641. The zero-order valence-electron chi connectivity index (χ0n) is 13.2. The average Bonchev–Trinajstić information content (AvgIpc) is 3.11. The van der Waals surface area contributed by atoms with Gasteiger partial charge in [0.2, 0.25) is 0 Å². The van der Waals surface area contributed by atoms with E-state index in [0.29, 0.717) is 28.5 Å². The van der Waals surface area contributed by atoms with Gasteiger partial charge in [0.25, 0.3) is 5.78 Å². The van der Waals surface area contributed by atoms with Crippen LogP contribution in [0.3, 0.4) is 0 Å². The Kier molecular flexibility index (Phi) is 4.29. The second-order valence-electron chi connectivity index (χ2n) is 5.79. The first-order chi connectivity index (χ1) is 11.5. The summed E-state index contributed by atoms with van der Waals surface area (Å²) >= 11 is 0. The van der Waals surface area contributed by atoms with Gasteiger partial charge in [0.15, 0.2) is 12.0 Å². The number of rotatable bonds is 6. The first-order valence-electron chi connectivity index (χ1n) is 7.84. The van der Waals surface area contributed by atoms with Crippen molar-refractivity contribution < 1.29 is 28.3 Å². The monoisotopic (exact) mass is 328 g/mol. The summed E-state index contributed by atoms with van der Waals surface area (Å²) in [6.07, 6.45) is 2.67. The fraction of sp³-hybridized carbons (Fsp3) is 0.333. The molecule has 3 rings (SSSR count). The van der Waals surface area contributed by atoms with Crippen molar-refractivity contribution in [2.45, 2.75) is 38.5 Å². The number of carbonyl (C=O) groups is 4. The van der Waals surface area contributed by atoms with Gasteiger partial charge < -0.3 is 9.15 Å². The van der Waals surface area contributed by atoms with Crippen LogP contribution in [0.1, 0.15) is 54.0 Å². The molecule has 1 unspecified atom stereocenters. The van der Waals surface area contributed by atoms with Crippen molar-refractivity contribution in [1.82, 2.24) is 0 Å². The van der Waals surface area contributed by atoms with Crippen molar-refractivity contribution in [2.75, 3.05) is 0 Å². The molecule has 1 fully saturated rings. The highest BCUT2D eigenvalue weighted by atomic mass is 16.6. The van der Waals surface area contributed by atoms with E-state index in [1.54, 1.807) is 18.2 Å². The Bertz CT molecular complexity index is 845. The zero-order valence-corrected chi connectivity index (χ0v) is 13.2. The van der Waals surface area contributed by atoms with Crippen molar-refractivity contribution >= 4 is 34.8 Å². The van der Waals surface area contributed by atoms with E-state index < -0.39 is 23.6 Å². The number of ketones is 1. The molecule has 2 aromatic rings. The number of carbonyl (C=O) groups excluding carboxylic acids is 4. The number of esters is 2. The Morgan fingerprint density at radius 3 is 2.71 bits per heavy atom. The molecule has 1 aliphatic rings. The van der Waals surface area contributed by atoms with Crippen molar-refractivity contribution in [2.24, 2.45) is 0 Å². The quantitative estimate of drug-likeness (QED) is 0.266. The highest BCUT2D eigenvalue weighted by molar-refractivity contribution is 6.35. The normalized spacial score (nSPS) is 17.3. The van der Waals surface area contributed by atoms with E-state index in [-0.39, 0.29) is 18.5 Å². The summed E-state index contributed by atoms with van der Waals surface area (Å²) in [6.45, 7) is 2.04. The van der Waals surface area contributed by atoms with Gasteiger partial charge in [0, 0.05) is 17.2 Å². The van der Waals surface area contributed by atoms with Crippen LogP contribution in [-0.4, -0.2) is 24.0 Å². The minimum atomic E-state index is -0.717. The maximum absolute atomic E-state index is 11.8. The van der Waals surface area contributed by atoms with Crippen LogP contribution in [-0.2, 0) is 25.5 Å². The largest absolute Gasteiger partial charge is 0.456 e. The van der Waals surface area contributed by atoms with Gasteiger partial charge in [-0.05, 0) is 18.1 Å². The Labute approximate surface area is 137 Å². The van der Waals surface area contributed by atoms with E-state index >= 15 is 0 Å². The van der Waals surface area contributed by atoms with Crippen LogP contribution < -0.4 is 0 Å². The smallest absolute Gasteiger partial charge is 0.321 e. The maximum Gasteiger partial charge on any atom is 0.321 e. The molecule has 0 radical (unpaired) electrons. The van der Waals surface area contributed by atoms with Crippen molar-refractivity contribution in [3.8, 4) is 0 Å². The van der Waals surface area contributed by atoms with Gasteiger partial charge in [0.1, 0.15) is 5.76 Å². The third-order valence-electron chi connectivity index (χ3n) is 4.17. The molecule has 1 atom stereocenters. The van der Waals surface area contributed by atoms with Crippen molar-refractivity contribution in [1.29, 1.82) is 0 Å². The molecule has 6 heteroatoms. The Morgan fingerprint density at radius 2 is 2.08 bits per heavy atom. The SMILES string of the molecule is CCCCc1oc(C(=O)C=O)c2ccc(C3CC(=O)OC3=O)cc12. The number of hydrogen-bond acceptors (Lipinski definition) is 6. The molecule has 0 spiro atoms. The van der Waals surface area contributed by atoms with Crippen molar-refractivity contribution in [3.63, 3.8) is 0 Å². The van der Waals surface area contributed by atoms with Crippen LogP contribution in [0.5, 0.6) is 0 Å². The zero-order chi connectivity index (χ0) is 17.3. The molecule has 124 valence electrons. The fourth-order valence-corrected chi connectivity index (χ4v) is 2.93. The summed E-state index contributed by atoms with van der Waals surface area (Å²) in [7, 11) is 0. The number of fused-ring (bicyclic) bond motifs is 1. The van der Waals surface area contributed by atoms with Crippen LogP contribution in [0, 0.1) is 0 Å². The van der Waals surface area contributed by atoms with Crippen LogP contribution in [0.25, 0.3) is 10.8 Å². The molecule has 0 N–H and O–H groups in total. The molecule has 6 nitrogen and oxygen atoms in total. The molecule has 0 bridgehead atoms. The molecule has 1 aromatic heterocycles. The van der Waals surface area contributed by atoms with Crippen LogP contribution in [0.4, 0.5) is 0 Å². The predicted octanol–water partition coefficient (Wildman–Crippen LogP) is 2.71. The van der Waals surface area contributed by atoms with Gasteiger partial charge in [-0.15, -0.1) is 0 Å². The minimum Gasteiger partial charge on any atom is -0.456 e. The molecule has 24 heavy (non-hydrogen) atoms. The average molecular weight is 328 g/mol. The van der Waals surface area contributed by atoms with Crippen molar-refractivity contribution in [3.05, 3.63) is 35.3 Å². The second kappa shape index (κ2) is 6.39. The third-order valence-corrected chi connectivity index (χ3v) is 4.17. The predicted molar refractivity (Wildman–Crippen MR) is 83.7 cm³/mol. The number of hydrogen-bond donors (Lipinski definition) is 0. The van der Waals surface area contributed by atoms with E-state index in [4.69, 9.17) is 4.42 Å². The van der Waals surface area contributed by atoms with E-state index in [2.05, 4.69) is 4.74 Å². The lowest BCUT2D eigenvalue weighted by molar-refractivity contribution is -0.152. The molecule has 1 aromatic carbocycles. The van der Waals surface area contributed by atoms with E-state index in [0.717, 1.165) is 12.8 Å².